The summed E-state index contributed by atoms with van der Waals surface area (Å²) < 4.78 is 1.74. The molecular weight excluding hydrogens is 447 g/mol. The van der Waals surface area contributed by atoms with Crippen molar-refractivity contribution in [2.45, 2.75) is 0 Å². The van der Waals surface area contributed by atoms with Crippen molar-refractivity contribution in [1.82, 2.24) is 0 Å². The quantitative estimate of drug-likeness (QED) is 0.518. The first kappa shape index (κ1) is 16.0. The van der Waals surface area contributed by atoms with E-state index in [1.165, 1.54) is 0 Å². The molecule has 0 unspecified atom stereocenters. The van der Waals surface area contributed by atoms with E-state index in [0.29, 0.717) is 15.2 Å². The molecule has 0 aliphatic rings. The highest BCUT2D eigenvalue weighted by atomic mass is 79.9. The second kappa shape index (κ2) is 7.09. The Morgan fingerprint density at radius 1 is 0.950 bits per heavy atom. The van der Waals surface area contributed by atoms with Gasteiger partial charge in [0, 0.05) is 14.6 Å². The van der Waals surface area contributed by atoms with Gasteiger partial charge in [0.25, 0.3) is 0 Å². The van der Waals surface area contributed by atoms with E-state index in [1.807, 2.05) is 24.3 Å². The lowest BCUT2D eigenvalue weighted by Gasteiger charge is -2.12. The normalized spacial score (nSPS) is 10.2. The maximum Gasteiger partial charge on any atom is 0.175 e. The monoisotopic (exact) mass is 452 g/mol. The van der Waals surface area contributed by atoms with Gasteiger partial charge in [-0.25, -0.2) is 0 Å². The number of thiocarbonyl (C=S) groups is 1. The third-order valence-electron chi connectivity index (χ3n) is 2.36. The summed E-state index contributed by atoms with van der Waals surface area (Å²) in [6.45, 7) is 0. The Kier molecular flexibility index (Phi) is 5.69. The fourth-order valence-corrected chi connectivity index (χ4v) is 2.83. The van der Waals surface area contributed by atoms with Gasteiger partial charge in [-0.15, -0.1) is 0 Å². The summed E-state index contributed by atoms with van der Waals surface area (Å²) in [4.78, 5) is 0. The van der Waals surface area contributed by atoms with Crippen molar-refractivity contribution in [2.24, 2.45) is 0 Å². The van der Waals surface area contributed by atoms with E-state index >= 15 is 0 Å². The standard InChI is InChI=1S/C13H8Br2Cl2N2S/c14-7-1-4-12(11(17)5-7)19-13(20)18-8-2-3-9(15)10(16)6-8/h1-6H,(H2,18,19,20). The summed E-state index contributed by atoms with van der Waals surface area (Å²) in [5, 5.41) is 7.71. The highest BCUT2D eigenvalue weighted by molar-refractivity contribution is 9.10. The lowest BCUT2D eigenvalue weighted by molar-refractivity contribution is 1.57. The molecule has 2 N–H and O–H groups in total. The lowest BCUT2D eigenvalue weighted by Crippen LogP contribution is -2.19. The molecule has 0 fully saturated rings. The Hall–Kier alpha value is -0.330. The molecule has 0 aliphatic carbocycles. The molecule has 2 rings (SSSR count). The maximum atomic E-state index is 6.12. The highest BCUT2D eigenvalue weighted by Crippen LogP contribution is 2.27. The Morgan fingerprint density at radius 2 is 1.70 bits per heavy atom. The van der Waals surface area contributed by atoms with Crippen LogP contribution in [0.4, 0.5) is 11.4 Å². The average Bonchev–Trinajstić information content (AvgIpc) is 2.37. The van der Waals surface area contributed by atoms with Crippen LogP contribution >= 0.6 is 67.3 Å². The van der Waals surface area contributed by atoms with Crippen molar-refractivity contribution in [3.8, 4) is 0 Å². The molecule has 0 amide bonds. The summed E-state index contributed by atoms with van der Waals surface area (Å²) in [6.07, 6.45) is 0. The molecule has 2 aromatic carbocycles. The summed E-state index contributed by atoms with van der Waals surface area (Å²) in [5.41, 5.74) is 1.53. The predicted molar refractivity (Wildman–Crippen MR) is 98.1 cm³/mol. The molecule has 0 bridgehead atoms. The van der Waals surface area contributed by atoms with Crippen LogP contribution in [0.2, 0.25) is 10.0 Å². The van der Waals surface area contributed by atoms with Gasteiger partial charge in [-0.1, -0.05) is 39.1 Å². The van der Waals surface area contributed by atoms with Gasteiger partial charge in [-0.3, -0.25) is 0 Å². The highest BCUT2D eigenvalue weighted by Gasteiger charge is 2.05. The van der Waals surface area contributed by atoms with E-state index in [2.05, 4.69) is 42.5 Å². The number of nitrogens with one attached hydrogen (secondary N) is 2. The van der Waals surface area contributed by atoms with Crippen LogP contribution in [0.15, 0.2) is 45.3 Å². The number of halogens is 4. The molecule has 0 radical (unpaired) electrons. The smallest absolute Gasteiger partial charge is 0.175 e. The molecule has 2 nitrogen and oxygen atoms in total. The van der Waals surface area contributed by atoms with Crippen LogP contribution in [-0.4, -0.2) is 5.11 Å². The maximum absolute atomic E-state index is 6.12. The predicted octanol–water partition coefficient (Wildman–Crippen LogP) is 6.33. The van der Waals surface area contributed by atoms with E-state index in [4.69, 9.17) is 35.4 Å². The van der Waals surface area contributed by atoms with Crippen LogP contribution in [0.25, 0.3) is 0 Å². The summed E-state index contributed by atoms with van der Waals surface area (Å²) in [6, 6.07) is 11.0. The fraction of sp³-hybridized carbons (Fsp3) is 0. The van der Waals surface area contributed by atoms with Crippen molar-refractivity contribution in [3.05, 3.63) is 55.4 Å². The van der Waals surface area contributed by atoms with Crippen molar-refractivity contribution in [2.75, 3.05) is 10.6 Å². The molecule has 7 heteroatoms. The summed E-state index contributed by atoms with van der Waals surface area (Å²) >= 11 is 24.1. The zero-order chi connectivity index (χ0) is 14.7. The number of hydrogen-bond acceptors (Lipinski definition) is 1. The molecule has 0 spiro atoms. The summed E-state index contributed by atoms with van der Waals surface area (Å²) in [5.74, 6) is 0. The molecule has 0 aromatic heterocycles. The molecule has 20 heavy (non-hydrogen) atoms. The van der Waals surface area contributed by atoms with E-state index < -0.39 is 0 Å². The molecular formula is C13H8Br2Cl2N2S. The molecule has 0 heterocycles. The van der Waals surface area contributed by atoms with Crippen LogP contribution in [0.3, 0.4) is 0 Å². The topological polar surface area (TPSA) is 24.1 Å². The Bertz CT molecular complexity index is 665. The van der Waals surface area contributed by atoms with Crippen molar-refractivity contribution in [1.29, 1.82) is 0 Å². The van der Waals surface area contributed by atoms with Gasteiger partial charge >= 0.3 is 0 Å². The number of benzene rings is 2. The lowest BCUT2D eigenvalue weighted by atomic mass is 10.3. The van der Waals surface area contributed by atoms with E-state index in [1.54, 1.807) is 12.1 Å². The van der Waals surface area contributed by atoms with Crippen molar-refractivity contribution < 1.29 is 0 Å². The van der Waals surface area contributed by atoms with Gasteiger partial charge in [-0.2, -0.15) is 0 Å². The minimum Gasteiger partial charge on any atom is -0.332 e. The molecule has 0 aliphatic heterocycles. The number of rotatable bonds is 2. The largest absolute Gasteiger partial charge is 0.332 e. The number of hydrogen-bond donors (Lipinski definition) is 2. The SMILES string of the molecule is S=C(Nc1ccc(Br)c(Cl)c1)Nc1ccc(Br)cc1Cl. The van der Waals surface area contributed by atoms with Crippen LogP contribution in [0, 0.1) is 0 Å². The summed E-state index contributed by atoms with van der Waals surface area (Å²) in [7, 11) is 0. The minimum atomic E-state index is 0.438. The number of anilines is 2. The molecule has 0 atom stereocenters. The Morgan fingerprint density at radius 3 is 2.35 bits per heavy atom. The second-order valence-corrected chi connectivity index (χ2v) is 6.82. The van der Waals surface area contributed by atoms with Gasteiger partial charge in [0.1, 0.15) is 0 Å². The van der Waals surface area contributed by atoms with Crippen LogP contribution in [-0.2, 0) is 0 Å². The second-order valence-electron chi connectivity index (χ2n) is 3.83. The van der Waals surface area contributed by atoms with Crippen LogP contribution in [0.1, 0.15) is 0 Å². The zero-order valence-electron chi connectivity index (χ0n) is 9.88. The van der Waals surface area contributed by atoms with Crippen molar-refractivity contribution in [3.63, 3.8) is 0 Å². The molecule has 2 aromatic rings. The molecule has 0 saturated heterocycles. The van der Waals surface area contributed by atoms with E-state index in [-0.39, 0.29) is 0 Å². The average molecular weight is 455 g/mol. The zero-order valence-corrected chi connectivity index (χ0v) is 15.4. The van der Waals surface area contributed by atoms with Crippen LogP contribution < -0.4 is 10.6 Å². The van der Waals surface area contributed by atoms with Crippen LogP contribution in [0.5, 0.6) is 0 Å². The van der Waals surface area contributed by atoms with E-state index in [9.17, 15) is 0 Å². The van der Waals surface area contributed by atoms with Gasteiger partial charge in [0.15, 0.2) is 5.11 Å². The molecule has 0 saturated carbocycles. The first-order chi connectivity index (χ1) is 9.45. The van der Waals surface area contributed by atoms with Gasteiger partial charge in [0.05, 0.1) is 15.7 Å². The van der Waals surface area contributed by atoms with Gasteiger partial charge < -0.3 is 10.6 Å². The minimum absolute atomic E-state index is 0.438. The van der Waals surface area contributed by atoms with Crippen molar-refractivity contribution >= 4 is 83.8 Å². The van der Waals surface area contributed by atoms with Gasteiger partial charge in [0.2, 0.25) is 0 Å². The molecule has 104 valence electrons. The Balaban J connectivity index is 2.07. The fourth-order valence-electron chi connectivity index (χ4n) is 1.45. The van der Waals surface area contributed by atoms with E-state index in [0.717, 1.165) is 20.3 Å². The Labute approximate surface area is 149 Å². The first-order valence-electron chi connectivity index (χ1n) is 5.44. The third-order valence-corrected chi connectivity index (χ3v) is 4.60. The third kappa shape index (κ3) is 4.33. The van der Waals surface area contributed by atoms with Gasteiger partial charge in [-0.05, 0) is 64.5 Å². The first-order valence-corrected chi connectivity index (χ1v) is 8.19.